The molecule has 1 aliphatic heterocycles. The van der Waals surface area contributed by atoms with Gasteiger partial charge in [-0.1, -0.05) is 12.1 Å². The molecule has 1 heterocycles. The predicted molar refractivity (Wildman–Crippen MR) is 59.3 cm³/mol. The van der Waals surface area contributed by atoms with Gasteiger partial charge in [0.15, 0.2) is 0 Å². The fraction of sp³-hybridized carbons (Fsp3) is 0.364. The van der Waals surface area contributed by atoms with E-state index in [-0.39, 0.29) is 5.91 Å². The number of nitrogens with zero attached hydrogens (tertiary/aromatic N) is 1. The third-order valence-electron chi connectivity index (χ3n) is 2.48. The minimum Gasteiger partial charge on any atom is -0.328 e. The van der Waals surface area contributed by atoms with E-state index < -0.39 is 11.7 Å². The highest BCUT2D eigenvalue weighted by molar-refractivity contribution is 8.00. The number of hydrogen-bond acceptors (Lipinski definition) is 2. The molecule has 92 valence electrons. The lowest BCUT2D eigenvalue weighted by Gasteiger charge is -2.15. The largest absolute Gasteiger partial charge is 0.416 e. The van der Waals surface area contributed by atoms with Crippen LogP contribution in [0, 0.1) is 0 Å². The summed E-state index contributed by atoms with van der Waals surface area (Å²) in [6.07, 6.45) is -4.31. The van der Waals surface area contributed by atoms with Crippen molar-refractivity contribution in [2.45, 2.75) is 12.7 Å². The van der Waals surface area contributed by atoms with Crippen molar-refractivity contribution in [2.75, 3.05) is 11.6 Å². The first kappa shape index (κ1) is 12.3. The number of alkyl halides is 3. The number of carbonyl (C=O) groups is 1. The smallest absolute Gasteiger partial charge is 0.328 e. The van der Waals surface area contributed by atoms with Gasteiger partial charge in [-0.15, -0.1) is 11.8 Å². The van der Waals surface area contributed by atoms with Crippen LogP contribution in [0.4, 0.5) is 13.2 Å². The highest BCUT2D eigenvalue weighted by atomic mass is 32.2. The molecular formula is C11H10F3NOS. The third-order valence-corrected chi connectivity index (χ3v) is 3.43. The van der Waals surface area contributed by atoms with Gasteiger partial charge in [0.05, 0.1) is 17.2 Å². The number of benzene rings is 1. The van der Waals surface area contributed by atoms with Crippen LogP contribution in [-0.4, -0.2) is 22.4 Å². The van der Waals surface area contributed by atoms with Crippen LogP contribution in [-0.2, 0) is 17.5 Å². The van der Waals surface area contributed by atoms with E-state index in [2.05, 4.69) is 0 Å². The molecule has 0 spiro atoms. The Morgan fingerprint density at radius 3 is 2.35 bits per heavy atom. The average Bonchev–Trinajstić information content (AvgIpc) is 2.64. The molecule has 0 N–H and O–H groups in total. The SMILES string of the molecule is O=C1CSCN1Cc1ccc(C(F)(F)F)cc1. The topological polar surface area (TPSA) is 20.3 Å². The van der Waals surface area contributed by atoms with E-state index in [4.69, 9.17) is 0 Å². The number of rotatable bonds is 2. The lowest BCUT2D eigenvalue weighted by molar-refractivity contribution is -0.137. The van der Waals surface area contributed by atoms with Crippen molar-refractivity contribution in [3.63, 3.8) is 0 Å². The van der Waals surface area contributed by atoms with Crippen molar-refractivity contribution in [2.24, 2.45) is 0 Å². The first-order valence-electron chi connectivity index (χ1n) is 4.98. The number of halogens is 3. The average molecular weight is 261 g/mol. The Labute approximate surface area is 101 Å². The summed E-state index contributed by atoms with van der Waals surface area (Å²) in [5.74, 6) is 1.11. The Kier molecular flexibility index (Phi) is 3.33. The summed E-state index contributed by atoms with van der Waals surface area (Å²) in [5, 5.41) is 0. The number of amides is 1. The fourth-order valence-electron chi connectivity index (χ4n) is 1.56. The molecule has 0 unspecified atom stereocenters. The van der Waals surface area contributed by atoms with Crippen LogP contribution < -0.4 is 0 Å². The second-order valence-electron chi connectivity index (χ2n) is 3.76. The van der Waals surface area contributed by atoms with Crippen LogP contribution in [0.3, 0.4) is 0 Å². The van der Waals surface area contributed by atoms with E-state index >= 15 is 0 Å². The van der Waals surface area contributed by atoms with E-state index in [1.165, 1.54) is 23.9 Å². The second kappa shape index (κ2) is 4.60. The number of carbonyl (C=O) groups excluding carboxylic acids is 1. The van der Waals surface area contributed by atoms with Crippen LogP contribution in [0.25, 0.3) is 0 Å². The van der Waals surface area contributed by atoms with E-state index in [0.717, 1.165) is 12.1 Å². The minimum atomic E-state index is -4.31. The summed E-state index contributed by atoms with van der Waals surface area (Å²) in [6, 6.07) is 4.92. The lowest BCUT2D eigenvalue weighted by atomic mass is 10.1. The molecule has 0 radical (unpaired) electrons. The molecule has 0 bridgehead atoms. The summed E-state index contributed by atoms with van der Waals surface area (Å²) < 4.78 is 37.0. The summed E-state index contributed by atoms with van der Waals surface area (Å²) >= 11 is 1.51. The zero-order valence-electron chi connectivity index (χ0n) is 8.83. The molecule has 1 aromatic rings. The van der Waals surface area contributed by atoms with Gasteiger partial charge in [-0.3, -0.25) is 4.79 Å². The van der Waals surface area contributed by atoms with E-state index in [9.17, 15) is 18.0 Å². The Balaban J connectivity index is 2.06. The lowest BCUT2D eigenvalue weighted by Crippen LogP contribution is -2.24. The van der Waals surface area contributed by atoms with Gasteiger partial charge in [-0.05, 0) is 17.7 Å². The monoisotopic (exact) mass is 261 g/mol. The Bertz CT molecular complexity index is 416. The van der Waals surface area contributed by atoms with Crippen LogP contribution in [0.2, 0.25) is 0 Å². The van der Waals surface area contributed by atoms with Crippen LogP contribution >= 0.6 is 11.8 Å². The fourth-order valence-corrected chi connectivity index (χ4v) is 2.46. The van der Waals surface area contributed by atoms with Crippen LogP contribution in [0.15, 0.2) is 24.3 Å². The summed E-state index contributed by atoms with van der Waals surface area (Å²) in [7, 11) is 0. The zero-order valence-corrected chi connectivity index (χ0v) is 9.64. The van der Waals surface area contributed by atoms with E-state index in [1.54, 1.807) is 4.90 Å². The third kappa shape index (κ3) is 2.94. The number of thioether (sulfide) groups is 1. The molecule has 1 aromatic carbocycles. The van der Waals surface area contributed by atoms with Gasteiger partial charge in [0.1, 0.15) is 0 Å². The zero-order chi connectivity index (χ0) is 12.5. The molecule has 0 aliphatic carbocycles. The van der Waals surface area contributed by atoms with E-state index in [0.29, 0.717) is 23.7 Å². The van der Waals surface area contributed by atoms with Gasteiger partial charge >= 0.3 is 6.18 Å². The molecule has 0 atom stereocenters. The number of hydrogen-bond donors (Lipinski definition) is 0. The standard InChI is InChI=1S/C11H10F3NOS/c12-11(13,14)9-3-1-8(2-4-9)5-15-7-17-6-10(15)16/h1-4H,5-7H2. The van der Waals surface area contributed by atoms with Gasteiger partial charge < -0.3 is 4.90 Å². The van der Waals surface area contributed by atoms with Crippen molar-refractivity contribution in [3.05, 3.63) is 35.4 Å². The van der Waals surface area contributed by atoms with Gasteiger partial charge in [-0.25, -0.2) is 0 Å². The molecule has 2 rings (SSSR count). The summed E-state index contributed by atoms with van der Waals surface area (Å²) in [5.41, 5.74) is 0.0530. The van der Waals surface area contributed by atoms with Crippen molar-refractivity contribution in [3.8, 4) is 0 Å². The van der Waals surface area contributed by atoms with Gasteiger partial charge in [-0.2, -0.15) is 13.2 Å². The maximum absolute atomic E-state index is 12.3. The quantitative estimate of drug-likeness (QED) is 0.816. The van der Waals surface area contributed by atoms with E-state index in [1.807, 2.05) is 0 Å². The molecule has 1 aliphatic rings. The molecule has 17 heavy (non-hydrogen) atoms. The molecule has 6 heteroatoms. The Morgan fingerprint density at radius 2 is 1.88 bits per heavy atom. The van der Waals surface area contributed by atoms with Crippen molar-refractivity contribution in [1.82, 2.24) is 4.90 Å². The molecular weight excluding hydrogens is 251 g/mol. The normalized spacial score (nSPS) is 16.6. The first-order chi connectivity index (χ1) is 7.97. The minimum absolute atomic E-state index is 0.0369. The van der Waals surface area contributed by atoms with Gasteiger partial charge in [0.25, 0.3) is 0 Å². The van der Waals surface area contributed by atoms with Crippen LogP contribution in [0.5, 0.6) is 0 Å². The summed E-state index contributed by atoms with van der Waals surface area (Å²) in [4.78, 5) is 13.0. The van der Waals surface area contributed by atoms with Gasteiger partial charge in [0, 0.05) is 6.54 Å². The predicted octanol–water partition coefficient (Wildman–Crippen LogP) is 2.74. The molecule has 0 saturated carbocycles. The summed E-state index contributed by atoms with van der Waals surface area (Å²) in [6.45, 7) is 0.379. The van der Waals surface area contributed by atoms with Crippen molar-refractivity contribution >= 4 is 17.7 Å². The molecule has 1 fully saturated rings. The van der Waals surface area contributed by atoms with Crippen molar-refractivity contribution < 1.29 is 18.0 Å². The first-order valence-corrected chi connectivity index (χ1v) is 6.14. The molecule has 2 nitrogen and oxygen atoms in total. The van der Waals surface area contributed by atoms with Crippen LogP contribution in [0.1, 0.15) is 11.1 Å². The molecule has 1 saturated heterocycles. The van der Waals surface area contributed by atoms with Crippen molar-refractivity contribution in [1.29, 1.82) is 0 Å². The highest BCUT2D eigenvalue weighted by Gasteiger charge is 2.30. The maximum Gasteiger partial charge on any atom is 0.416 e. The Hall–Kier alpha value is -1.17. The second-order valence-corrected chi connectivity index (χ2v) is 4.72. The maximum atomic E-state index is 12.3. The Morgan fingerprint density at radius 1 is 1.24 bits per heavy atom. The highest BCUT2D eigenvalue weighted by Crippen LogP contribution is 2.29. The molecule has 1 amide bonds. The molecule has 0 aromatic heterocycles. The van der Waals surface area contributed by atoms with Gasteiger partial charge in [0.2, 0.25) is 5.91 Å².